The molecule has 11 heteroatoms. The molecule has 24 heavy (non-hydrogen) atoms. The van der Waals surface area contributed by atoms with E-state index in [0.717, 1.165) is 18.0 Å². The Morgan fingerprint density at radius 1 is 0.875 bits per heavy atom. The van der Waals surface area contributed by atoms with E-state index in [4.69, 9.17) is 0 Å². The number of anilines is 2. The van der Waals surface area contributed by atoms with Gasteiger partial charge in [-0.2, -0.15) is 8.75 Å². The first kappa shape index (κ1) is 16.6. The summed E-state index contributed by atoms with van der Waals surface area (Å²) in [5.41, 5.74) is 0.990. The number of nitrogens with zero attached hydrogens (tertiary/aromatic N) is 2. The van der Waals surface area contributed by atoms with Crippen LogP contribution in [0.5, 0.6) is 0 Å². The second-order valence-corrected chi connectivity index (χ2v) is 8.84. The number of aromatic nitrogens is 2. The number of fused-ring (bicyclic) bond motifs is 1. The van der Waals surface area contributed by atoms with Crippen molar-refractivity contribution in [2.24, 2.45) is 0 Å². The fraction of sp³-hybridized carbons (Fsp3) is 0.0769. The summed E-state index contributed by atoms with van der Waals surface area (Å²) in [4.78, 5) is -0.0251. The molecule has 1 heterocycles. The van der Waals surface area contributed by atoms with E-state index in [1.165, 1.54) is 18.2 Å². The van der Waals surface area contributed by atoms with Crippen LogP contribution in [0.3, 0.4) is 0 Å². The van der Waals surface area contributed by atoms with E-state index in [9.17, 15) is 16.8 Å². The first-order chi connectivity index (χ1) is 11.3. The third-order valence-electron chi connectivity index (χ3n) is 3.01. The van der Waals surface area contributed by atoms with Gasteiger partial charge < -0.3 is 0 Å². The van der Waals surface area contributed by atoms with Crippen molar-refractivity contribution in [2.45, 2.75) is 4.90 Å². The molecule has 0 aliphatic carbocycles. The third kappa shape index (κ3) is 3.47. The molecule has 3 rings (SSSR count). The molecule has 0 fully saturated rings. The van der Waals surface area contributed by atoms with Crippen molar-refractivity contribution in [3.8, 4) is 0 Å². The molecule has 0 radical (unpaired) electrons. The Labute approximate surface area is 143 Å². The van der Waals surface area contributed by atoms with Gasteiger partial charge in [0.15, 0.2) is 0 Å². The zero-order valence-corrected chi connectivity index (χ0v) is 14.7. The molecule has 2 aromatic carbocycles. The van der Waals surface area contributed by atoms with E-state index < -0.39 is 20.0 Å². The first-order valence-corrected chi connectivity index (χ1v) is 10.7. The smallest absolute Gasteiger partial charge is 0.264 e. The van der Waals surface area contributed by atoms with Crippen LogP contribution < -0.4 is 9.44 Å². The molecule has 0 saturated heterocycles. The summed E-state index contributed by atoms with van der Waals surface area (Å²) >= 11 is 0.917. The molecular weight excluding hydrogens is 372 g/mol. The molecule has 1 aromatic heterocycles. The van der Waals surface area contributed by atoms with Crippen molar-refractivity contribution in [3.05, 3.63) is 42.5 Å². The molecule has 0 unspecified atom stereocenters. The lowest BCUT2D eigenvalue weighted by atomic mass is 10.3. The summed E-state index contributed by atoms with van der Waals surface area (Å²) in [5, 5.41) is 0. The number of hydrogen-bond acceptors (Lipinski definition) is 7. The predicted octanol–water partition coefficient (Wildman–Crippen LogP) is 1.86. The number of rotatable bonds is 5. The summed E-state index contributed by atoms with van der Waals surface area (Å²) in [7, 11) is -7.52. The van der Waals surface area contributed by atoms with Crippen molar-refractivity contribution in [2.75, 3.05) is 15.7 Å². The van der Waals surface area contributed by atoms with Crippen LogP contribution in [0.25, 0.3) is 11.0 Å². The van der Waals surface area contributed by atoms with Gasteiger partial charge in [0.2, 0.25) is 10.0 Å². The minimum absolute atomic E-state index is 0.0251. The molecule has 0 aliphatic rings. The SMILES string of the molecule is CS(=O)(=O)Nc1ccccc1NS(=O)(=O)c1cccc2nsnc12. The van der Waals surface area contributed by atoms with E-state index >= 15 is 0 Å². The van der Waals surface area contributed by atoms with E-state index in [1.807, 2.05) is 0 Å². The van der Waals surface area contributed by atoms with Crippen LogP contribution in [0, 0.1) is 0 Å². The highest BCUT2D eigenvalue weighted by Gasteiger charge is 2.21. The van der Waals surface area contributed by atoms with E-state index in [2.05, 4.69) is 18.2 Å². The average Bonchev–Trinajstić information content (AvgIpc) is 2.95. The molecule has 126 valence electrons. The summed E-state index contributed by atoms with van der Waals surface area (Å²) < 4.78 is 60.9. The maximum absolute atomic E-state index is 12.7. The standard InChI is InChI=1S/C13H12N4O4S3/c1-23(18,19)16-9-5-2-3-6-10(9)17-24(20,21)12-8-4-7-11-13(12)15-22-14-11/h2-8,16-17H,1H3. The van der Waals surface area contributed by atoms with Gasteiger partial charge in [0.1, 0.15) is 15.9 Å². The molecule has 8 nitrogen and oxygen atoms in total. The van der Waals surface area contributed by atoms with Crippen LogP contribution in [0.4, 0.5) is 11.4 Å². The van der Waals surface area contributed by atoms with Gasteiger partial charge in [-0.15, -0.1) is 0 Å². The predicted molar refractivity (Wildman–Crippen MR) is 93.1 cm³/mol. The molecule has 0 saturated carbocycles. The highest BCUT2D eigenvalue weighted by molar-refractivity contribution is 7.93. The van der Waals surface area contributed by atoms with Crippen LogP contribution in [0.1, 0.15) is 0 Å². The van der Waals surface area contributed by atoms with E-state index in [1.54, 1.807) is 24.3 Å². The topological polar surface area (TPSA) is 118 Å². The van der Waals surface area contributed by atoms with Gasteiger partial charge >= 0.3 is 0 Å². The van der Waals surface area contributed by atoms with Gasteiger partial charge in [0.05, 0.1) is 29.4 Å². The van der Waals surface area contributed by atoms with Gasteiger partial charge in [0.25, 0.3) is 10.0 Å². The zero-order valence-electron chi connectivity index (χ0n) is 12.3. The lowest BCUT2D eigenvalue weighted by Crippen LogP contribution is -2.16. The van der Waals surface area contributed by atoms with Gasteiger partial charge in [-0.05, 0) is 24.3 Å². The quantitative estimate of drug-likeness (QED) is 0.693. The minimum Gasteiger partial charge on any atom is -0.282 e. The molecule has 0 amide bonds. The fourth-order valence-corrected chi connectivity index (χ4v) is 4.48. The van der Waals surface area contributed by atoms with Crippen molar-refractivity contribution >= 4 is 54.2 Å². The molecule has 0 atom stereocenters. The van der Waals surface area contributed by atoms with Crippen LogP contribution in [-0.2, 0) is 20.0 Å². The number of para-hydroxylation sites is 2. The minimum atomic E-state index is -3.97. The average molecular weight is 384 g/mol. The Bertz CT molecular complexity index is 1110. The number of nitrogens with one attached hydrogen (secondary N) is 2. The second kappa shape index (κ2) is 6.00. The number of hydrogen-bond donors (Lipinski definition) is 2. The van der Waals surface area contributed by atoms with Gasteiger partial charge in [-0.25, -0.2) is 16.8 Å². The Morgan fingerprint density at radius 2 is 1.54 bits per heavy atom. The Hall–Kier alpha value is -2.24. The summed E-state index contributed by atoms with van der Waals surface area (Å²) in [6, 6.07) is 10.8. The van der Waals surface area contributed by atoms with Crippen LogP contribution in [-0.4, -0.2) is 31.8 Å². The molecule has 2 N–H and O–H groups in total. The van der Waals surface area contributed by atoms with E-state index in [0.29, 0.717) is 5.52 Å². The third-order valence-corrected chi connectivity index (χ3v) is 5.54. The maximum Gasteiger partial charge on any atom is 0.264 e. The van der Waals surface area contributed by atoms with Gasteiger partial charge in [0, 0.05) is 0 Å². The fourth-order valence-electron chi connectivity index (χ4n) is 2.06. The van der Waals surface area contributed by atoms with Crippen LogP contribution >= 0.6 is 11.7 Å². The monoisotopic (exact) mass is 384 g/mol. The maximum atomic E-state index is 12.7. The van der Waals surface area contributed by atoms with Crippen molar-refractivity contribution in [3.63, 3.8) is 0 Å². The second-order valence-electron chi connectivity index (χ2n) is 4.91. The molecular formula is C13H12N4O4S3. The van der Waals surface area contributed by atoms with Crippen LogP contribution in [0.2, 0.25) is 0 Å². The first-order valence-electron chi connectivity index (χ1n) is 6.57. The molecule has 0 spiro atoms. The largest absolute Gasteiger partial charge is 0.282 e. The van der Waals surface area contributed by atoms with Crippen LogP contribution in [0.15, 0.2) is 47.4 Å². The Balaban J connectivity index is 2.04. The van der Waals surface area contributed by atoms with Crippen molar-refractivity contribution in [1.82, 2.24) is 8.75 Å². The zero-order chi connectivity index (χ0) is 17.4. The van der Waals surface area contributed by atoms with Gasteiger partial charge in [-0.3, -0.25) is 9.44 Å². The van der Waals surface area contributed by atoms with Gasteiger partial charge in [-0.1, -0.05) is 18.2 Å². The number of benzene rings is 2. The summed E-state index contributed by atoms with van der Waals surface area (Å²) in [6.07, 6.45) is 0.986. The summed E-state index contributed by atoms with van der Waals surface area (Å²) in [5.74, 6) is 0. The van der Waals surface area contributed by atoms with E-state index in [-0.39, 0.29) is 21.8 Å². The summed E-state index contributed by atoms with van der Waals surface area (Å²) in [6.45, 7) is 0. The van der Waals surface area contributed by atoms with Crippen molar-refractivity contribution < 1.29 is 16.8 Å². The highest BCUT2D eigenvalue weighted by atomic mass is 32.2. The Kier molecular flexibility index (Phi) is 4.15. The van der Waals surface area contributed by atoms with Crippen molar-refractivity contribution in [1.29, 1.82) is 0 Å². The highest BCUT2D eigenvalue weighted by Crippen LogP contribution is 2.27. The molecule has 0 aliphatic heterocycles. The Morgan fingerprint density at radius 3 is 2.21 bits per heavy atom. The molecule has 0 bridgehead atoms. The lowest BCUT2D eigenvalue weighted by molar-refractivity contribution is 0.601. The molecule has 3 aromatic rings. The lowest BCUT2D eigenvalue weighted by Gasteiger charge is -2.13. The number of sulfonamides is 2. The normalized spacial score (nSPS) is 12.2.